The number of anilines is 2. The van der Waals surface area contributed by atoms with E-state index in [9.17, 15) is 0 Å². The number of aromatic nitrogens is 2. The Bertz CT molecular complexity index is 589. The highest BCUT2D eigenvalue weighted by Crippen LogP contribution is 2.32. The van der Waals surface area contributed by atoms with Gasteiger partial charge in [0.1, 0.15) is 0 Å². The number of hydrogen-bond acceptors (Lipinski definition) is 6. The van der Waals surface area contributed by atoms with Crippen LogP contribution in [-0.4, -0.2) is 17.0 Å². The van der Waals surface area contributed by atoms with E-state index < -0.39 is 0 Å². The predicted octanol–water partition coefficient (Wildman–Crippen LogP) is 2.53. The van der Waals surface area contributed by atoms with Crippen LogP contribution in [-0.2, 0) is 0 Å². The van der Waals surface area contributed by atoms with E-state index in [1.54, 1.807) is 11.3 Å². The van der Waals surface area contributed by atoms with Gasteiger partial charge in [0.15, 0.2) is 10.3 Å². The molecule has 3 N–H and O–H groups in total. The first-order chi connectivity index (χ1) is 7.26. The van der Waals surface area contributed by atoms with Gasteiger partial charge in [0.05, 0.1) is 20.4 Å². The van der Waals surface area contributed by atoms with E-state index in [0.29, 0.717) is 5.13 Å². The highest BCUT2D eigenvalue weighted by molar-refractivity contribution is 7.24. The van der Waals surface area contributed by atoms with Crippen molar-refractivity contribution in [2.75, 3.05) is 18.1 Å². The zero-order valence-corrected chi connectivity index (χ0v) is 9.58. The largest absolute Gasteiger partial charge is 0.375 e. The van der Waals surface area contributed by atoms with Crippen LogP contribution in [0.3, 0.4) is 0 Å². The number of fused-ring (bicyclic) bond motifs is 2. The van der Waals surface area contributed by atoms with Gasteiger partial charge in [0.2, 0.25) is 0 Å². The maximum Gasteiger partial charge on any atom is 0.183 e. The van der Waals surface area contributed by atoms with Crippen molar-refractivity contribution in [3.8, 4) is 0 Å². The zero-order valence-electron chi connectivity index (χ0n) is 7.94. The molecule has 15 heavy (non-hydrogen) atoms. The Hall–Kier alpha value is -1.40. The van der Waals surface area contributed by atoms with Crippen LogP contribution in [0.4, 0.5) is 10.3 Å². The average molecular weight is 236 g/mol. The highest BCUT2D eigenvalue weighted by Gasteiger charge is 2.07. The summed E-state index contributed by atoms with van der Waals surface area (Å²) in [6.45, 7) is 0. The van der Waals surface area contributed by atoms with Gasteiger partial charge in [-0.2, -0.15) is 0 Å². The average Bonchev–Trinajstić information content (AvgIpc) is 2.74. The molecule has 2 heterocycles. The molecule has 0 aliphatic heterocycles. The summed E-state index contributed by atoms with van der Waals surface area (Å²) in [5, 5.41) is 4.57. The normalized spacial score (nSPS) is 11.3. The molecule has 76 valence electrons. The summed E-state index contributed by atoms with van der Waals surface area (Å²) < 4.78 is 2.28. The van der Waals surface area contributed by atoms with Crippen molar-refractivity contribution >= 4 is 53.4 Å². The van der Waals surface area contributed by atoms with Gasteiger partial charge in [-0.1, -0.05) is 22.7 Å². The van der Waals surface area contributed by atoms with Crippen LogP contribution in [0.15, 0.2) is 12.1 Å². The van der Waals surface area contributed by atoms with Gasteiger partial charge in [-0.25, -0.2) is 9.97 Å². The van der Waals surface area contributed by atoms with Gasteiger partial charge >= 0.3 is 0 Å². The van der Waals surface area contributed by atoms with Gasteiger partial charge in [0.25, 0.3) is 0 Å². The number of nitrogens with one attached hydrogen (secondary N) is 1. The monoisotopic (exact) mass is 236 g/mol. The van der Waals surface area contributed by atoms with E-state index >= 15 is 0 Å². The lowest BCUT2D eigenvalue weighted by Crippen LogP contribution is -1.84. The van der Waals surface area contributed by atoms with E-state index in [4.69, 9.17) is 5.73 Å². The quantitative estimate of drug-likeness (QED) is 0.681. The van der Waals surface area contributed by atoms with Crippen molar-refractivity contribution in [2.24, 2.45) is 0 Å². The Labute approximate surface area is 93.8 Å². The number of rotatable bonds is 1. The summed E-state index contributed by atoms with van der Waals surface area (Å²) in [5.41, 5.74) is 7.56. The molecular weight excluding hydrogens is 228 g/mol. The smallest absolute Gasteiger partial charge is 0.183 e. The van der Waals surface area contributed by atoms with Crippen molar-refractivity contribution in [3.05, 3.63) is 12.1 Å². The van der Waals surface area contributed by atoms with E-state index in [2.05, 4.69) is 21.4 Å². The maximum absolute atomic E-state index is 5.66. The fourth-order valence-corrected chi connectivity index (χ4v) is 3.14. The molecule has 0 radical (unpaired) electrons. The molecule has 0 spiro atoms. The second-order valence-corrected chi connectivity index (χ2v) is 5.20. The third kappa shape index (κ3) is 1.33. The Morgan fingerprint density at radius 1 is 1.13 bits per heavy atom. The molecule has 0 saturated carbocycles. The lowest BCUT2D eigenvalue weighted by molar-refractivity contribution is 1.41. The van der Waals surface area contributed by atoms with Crippen LogP contribution in [0.25, 0.3) is 20.4 Å². The van der Waals surface area contributed by atoms with E-state index in [-0.39, 0.29) is 0 Å². The Morgan fingerprint density at radius 2 is 1.87 bits per heavy atom. The van der Waals surface area contributed by atoms with Crippen molar-refractivity contribution < 1.29 is 0 Å². The summed E-state index contributed by atoms with van der Waals surface area (Å²) in [5.74, 6) is 0. The Morgan fingerprint density at radius 3 is 2.67 bits per heavy atom. The summed E-state index contributed by atoms with van der Waals surface area (Å²) >= 11 is 3.15. The number of nitrogen functional groups attached to an aromatic ring is 1. The van der Waals surface area contributed by atoms with E-state index in [1.807, 2.05) is 13.1 Å². The lowest BCUT2D eigenvalue weighted by atomic mass is 10.3. The molecule has 6 heteroatoms. The third-order valence-electron chi connectivity index (χ3n) is 2.13. The fourth-order valence-electron chi connectivity index (χ4n) is 1.47. The summed E-state index contributed by atoms with van der Waals surface area (Å²) in [6, 6.07) is 4.08. The minimum absolute atomic E-state index is 0.608. The standard InChI is InChI=1S/C9H8N4S2/c1-11-9-13-5-2-4-6(3-7(5)15-9)14-8(10)12-4/h2-3H,1H3,(H2,10,12)(H,11,13). The number of thiazole rings is 2. The molecule has 0 atom stereocenters. The van der Waals surface area contributed by atoms with Crippen molar-refractivity contribution in [3.63, 3.8) is 0 Å². The number of nitrogens with two attached hydrogens (primary N) is 1. The van der Waals surface area contributed by atoms with Crippen LogP contribution < -0.4 is 11.1 Å². The van der Waals surface area contributed by atoms with E-state index in [0.717, 1.165) is 25.6 Å². The van der Waals surface area contributed by atoms with Crippen molar-refractivity contribution in [2.45, 2.75) is 0 Å². The van der Waals surface area contributed by atoms with Crippen LogP contribution in [0.5, 0.6) is 0 Å². The topological polar surface area (TPSA) is 63.8 Å². The van der Waals surface area contributed by atoms with Crippen LogP contribution in [0.2, 0.25) is 0 Å². The lowest BCUT2D eigenvalue weighted by Gasteiger charge is -1.86. The van der Waals surface area contributed by atoms with E-state index in [1.165, 1.54) is 11.3 Å². The molecule has 1 aromatic carbocycles. The fraction of sp³-hybridized carbons (Fsp3) is 0.111. The summed E-state index contributed by atoms with van der Waals surface area (Å²) in [7, 11) is 1.87. The third-order valence-corrected chi connectivity index (χ3v) is 4.01. The second kappa shape index (κ2) is 3.04. The SMILES string of the molecule is CNc1nc2cc3nc(N)sc3cc2s1. The molecular formula is C9H8N4S2. The molecule has 0 saturated heterocycles. The Kier molecular flexibility index (Phi) is 1.80. The number of hydrogen-bond donors (Lipinski definition) is 2. The molecule has 0 aliphatic rings. The summed E-state index contributed by atoms with van der Waals surface area (Å²) in [4.78, 5) is 8.66. The van der Waals surface area contributed by atoms with Gasteiger partial charge in [-0.3, -0.25) is 0 Å². The predicted molar refractivity (Wildman–Crippen MR) is 66.8 cm³/mol. The van der Waals surface area contributed by atoms with Gasteiger partial charge < -0.3 is 11.1 Å². The van der Waals surface area contributed by atoms with Gasteiger partial charge in [-0.15, -0.1) is 0 Å². The first-order valence-corrected chi connectivity index (χ1v) is 6.04. The van der Waals surface area contributed by atoms with Crippen molar-refractivity contribution in [1.82, 2.24) is 9.97 Å². The summed E-state index contributed by atoms with van der Waals surface area (Å²) in [6.07, 6.45) is 0. The minimum atomic E-state index is 0.608. The first kappa shape index (κ1) is 8.87. The molecule has 0 amide bonds. The Balaban J connectivity index is 2.37. The molecule has 3 aromatic rings. The molecule has 2 aromatic heterocycles. The van der Waals surface area contributed by atoms with Gasteiger partial charge in [-0.05, 0) is 12.1 Å². The molecule has 0 fully saturated rings. The van der Waals surface area contributed by atoms with Crippen LogP contribution in [0.1, 0.15) is 0 Å². The highest BCUT2D eigenvalue weighted by atomic mass is 32.1. The van der Waals surface area contributed by atoms with Gasteiger partial charge in [0, 0.05) is 7.05 Å². The molecule has 4 nitrogen and oxygen atoms in total. The zero-order chi connectivity index (χ0) is 10.4. The molecule has 0 unspecified atom stereocenters. The molecule has 3 rings (SSSR count). The number of benzene rings is 1. The molecule has 0 aliphatic carbocycles. The second-order valence-electron chi connectivity index (χ2n) is 3.11. The first-order valence-electron chi connectivity index (χ1n) is 4.40. The van der Waals surface area contributed by atoms with Crippen molar-refractivity contribution in [1.29, 1.82) is 0 Å². The minimum Gasteiger partial charge on any atom is -0.375 e. The molecule has 0 bridgehead atoms. The van der Waals surface area contributed by atoms with Crippen LogP contribution >= 0.6 is 22.7 Å². The van der Waals surface area contributed by atoms with Crippen LogP contribution in [0, 0.1) is 0 Å². The maximum atomic E-state index is 5.66. The number of nitrogens with zero attached hydrogens (tertiary/aromatic N) is 2.